The largest absolute Gasteiger partial charge is 0.379 e. The maximum atomic E-state index is 13.3. The lowest BCUT2D eigenvalue weighted by atomic mass is 10.0. The Balaban J connectivity index is 2.10. The third kappa shape index (κ3) is 2.42. The molecule has 0 radical (unpaired) electrons. The van der Waals surface area contributed by atoms with Crippen molar-refractivity contribution >= 4 is 11.6 Å². The van der Waals surface area contributed by atoms with Gasteiger partial charge in [0.15, 0.2) is 11.6 Å². The highest BCUT2D eigenvalue weighted by Gasteiger charge is 2.31. The summed E-state index contributed by atoms with van der Waals surface area (Å²) in [4.78, 5) is 11.7. The predicted octanol–water partition coefficient (Wildman–Crippen LogP) is 0.877. The summed E-state index contributed by atoms with van der Waals surface area (Å²) >= 11 is 0. The van der Waals surface area contributed by atoms with Gasteiger partial charge in [-0.25, -0.2) is 8.78 Å². The van der Waals surface area contributed by atoms with E-state index in [1.165, 1.54) is 12.1 Å². The second-order valence-electron chi connectivity index (χ2n) is 3.90. The lowest BCUT2D eigenvalue weighted by Gasteiger charge is -2.13. The highest BCUT2D eigenvalue weighted by atomic mass is 19.2. The van der Waals surface area contributed by atoms with E-state index in [0.29, 0.717) is 6.61 Å². The number of benzene rings is 1. The molecule has 0 bridgehead atoms. The van der Waals surface area contributed by atoms with E-state index >= 15 is 0 Å². The van der Waals surface area contributed by atoms with Crippen LogP contribution in [0.15, 0.2) is 18.2 Å². The first-order valence-corrected chi connectivity index (χ1v) is 5.18. The van der Waals surface area contributed by atoms with E-state index in [-0.39, 0.29) is 12.3 Å². The molecule has 0 spiro atoms. The van der Waals surface area contributed by atoms with Crippen LogP contribution in [0.1, 0.15) is 0 Å². The van der Waals surface area contributed by atoms with Crippen molar-refractivity contribution in [1.82, 2.24) is 0 Å². The molecule has 1 aromatic rings. The Morgan fingerprint density at radius 1 is 1.41 bits per heavy atom. The molecule has 2 atom stereocenters. The standard InChI is InChI=1S/C11H12F2N2O2/c12-7-2-1-3-9(10(7)13)15-11(16)6-4-17-5-8(6)14/h1-3,6,8H,4-5,14H2,(H,15,16). The average Bonchev–Trinajstić information content (AvgIpc) is 2.71. The van der Waals surface area contributed by atoms with E-state index in [1.807, 2.05) is 0 Å². The maximum absolute atomic E-state index is 13.3. The van der Waals surface area contributed by atoms with E-state index in [2.05, 4.69) is 5.32 Å². The molecular formula is C11H12F2N2O2. The zero-order chi connectivity index (χ0) is 12.4. The van der Waals surface area contributed by atoms with Crippen LogP contribution in [0.4, 0.5) is 14.5 Å². The Bertz CT molecular complexity index is 439. The van der Waals surface area contributed by atoms with Crippen LogP contribution >= 0.6 is 0 Å². The fourth-order valence-electron chi connectivity index (χ4n) is 1.67. The molecule has 2 unspecified atom stereocenters. The highest BCUT2D eigenvalue weighted by Crippen LogP contribution is 2.19. The molecule has 0 saturated carbocycles. The van der Waals surface area contributed by atoms with E-state index in [0.717, 1.165) is 6.07 Å². The number of nitrogens with one attached hydrogen (secondary N) is 1. The van der Waals surface area contributed by atoms with Crippen molar-refractivity contribution in [1.29, 1.82) is 0 Å². The predicted molar refractivity (Wildman–Crippen MR) is 57.3 cm³/mol. The molecule has 0 aromatic heterocycles. The molecule has 1 heterocycles. The second kappa shape index (κ2) is 4.77. The first-order valence-electron chi connectivity index (χ1n) is 5.18. The first-order chi connectivity index (χ1) is 8.09. The molecule has 1 aliphatic rings. The van der Waals surface area contributed by atoms with Crippen molar-refractivity contribution in [2.45, 2.75) is 6.04 Å². The van der Waals surface area contributed by atoms with Crippen molar-refractivity contribution in [3.05, 3.63) is 29.8 Å². The summed E-state index contributed by atoms with van der Waals surface area (Å²) in [5, 5.41) is 2.31. The number of rotatable bonds is 2. The van der Waals surface area contributed by atoms with E-state index in [4.69, 9.17) is 10.5 Å². The number of amides is 1. The average molecular weight is 242 g/mol. The Labute approximate surface area is 96.7 Å². The van der Waals surface area contributed by atoms with Gasteiger partial charge in [-0.2, -0.15) is 0 Å². The summed E-state index contributed by atoms with van der Waals surface area (Å²) in [6.07, 6.45) is 0. The van der Waals surface area contributed by atoms with Gasteiger partial charge in [0.05, 0.1) is 24.8 Å². The molecule has 1 aliphatic heterocycles. The van der Waals surface area contributed by atoms with Gasteiger partial charge in [-0.05, 0) is 12.1 Å². The molecule has 6 heteroatoms. The zero-order valence-corrected chi connectivity index (χ0v) is 8.95. The minimum Gasteiger partial charge on any atom is -0.379 e. The van der Waals surface area contributed by atoms with Crippen molar-refractivity contribution in [3.63, 3.8) is 0 Å². The van der Waals surface area contributed by atoms with Crippen LogP contribution in [0.25, 0.3) is 0 Å². The molecule has 1 amide bonds. The monoisotopic (exact) mass is 242 g/mol. The van der Waals surface area contributed by atoms with Crippen LogP contribution in [-0.4, -0.2) is 25.2 Å². The van der Waals surface area contributed by atoms with Crippen LogP contribution in [-0.2, 0) is 9.53 Å². The van der Waals surface area contributed by atoms with Gasteiger partial charge in [-0.3, -0.25) is 4.79 Å². The van der Waals surface area contributed by atoms with E-state index in [9.17, 15) is 13.6 Å². The van der Waals surface area contributed by atoms with Crippen molar-refractivity contribution in [2.75, 3.05) is 18.5 Å². The van der Waals surface area contributed by atoms with Crippen LogP contribution in [0.2, 0.25) is 0 Å². The summed E-state index contributed by atoms with van der Waals surface area (Å²) < 4.78 is 31.2. The smallest absolute Gasteiger partial charge is 0.231 e. The molecule has 2 rings (SSSR count). The topological polar surface area (TPSA) is 64.3 Å². The highest BCUT2D eigenvalue weighted by molar-refractivity contribution is 5.93. The Hall–Kier alpha value is -1.53. The number of hydrogen-bond acceptors (Lipinski definition) is 3. The zero-order valence-electron chi connectivity index (χ0n) is 8.95. The number of anilines is 1. The van der Waals surface area contributed by atoms with E-state index < -0.39 is 29.5 Å². The maximum Gasteiger partial charge on any atom is 0.231 e. The summed E-state index contributed by atoms with van der Waals surface area (Å²) in [5.74, 6) is -3.07. The summed E-state index contributed by atoms with van der Waals surface area (Å²) in [6.45, 7) is 0.494. The molecule has 1 fully saturated rings. The van der Waals surface area contributed by atoms with Crippen LogP contribution in [0.5, 0.6) is 0 Å². The molecule has 1 aromatic carbocycles. The normalized spacial score (nSPS) is 23.7. The number of ether oxygens (including phenoxy) is 1. The van der Waals surface area contributed by atoms with Gasteiger partial charge in [-0.1, -0.05) is 6.07 Å². The van der Waals surface area contributed by atoms with Gasteiger partial charge in [-0.15, -0.1) is 0 Å². The van der Waals surface area contributed by atoms with Crippen molar-refractivity contribution in [2.24, 2.45) is 11.7 Å². The van der Waals surface area contributed by atoms with Crippen LogP contribution in [0, 0.1) is 17.6 Å². The number of hydrogen-bond donors (Lipinski definition) is 2. The molecule has 0 aliphatic carbocycles. The number of halogens is 2. The third-order valence-electron chi connectivity index (χ3n) is 2.67. The van der Waals surface area contributed by atoms with Gasteiger partial charge >= 0.3 is 0 Å². The Morgan fingerprint density at radius 3 is 2.82 bits per heavy atom. The lowest BCUT2D eigenvalue weighted by Crippen LogP contribution is -2.37. The molecule has 17 heavy (non-hydrogen) atoms. The van der Waals surface area contributed by atoms with Gasteiger partial charge in [0.2, 0.25) is 5.91 Å². The molecule has 1 saturated heterocycles. The minimum atomic E-state index is -1.08. The van der Waals surface area contributed by atoms with E-state index in [1.54, 1.807) is 0 Å². The summed E-state index contributed by atoms with van der Waals surface area (Å²) in [6, 6.07) is 3.18. The lowest BCUT2D eigenvalue weighted by molar-refractivity contribution is -0.120. The van der Waals surface area contributed by atoms with Gasteiger partial charge in [0.1, 0.15) is 0 Å². The van der Waals surface area contributed by atoms with Crippen molar-refractivity contribution in [3.8, 4) is 0 Å². The molecule has 4 nitrogen and oxygen atoms in total. The fraction of sp³-hybridized carbons (Fsp3) is 0.364. The van der Waals surface area contributed by atoms with Crippen LogP contribution < -0.4 is 11.1 Å². The first kappa shape index (κ1) is 11.9. The van der Waals surface area contributed by atoms with Gasteiger partial charge in [0, 0.05) is 6.04 Å². The molecular weight excluding hydrogens is 230 g/mol. The number of carbonyl (C=O) groups excluding carboxylic acids is 1. The molecule has 3 N–H and O–H groups in total. The summed E-state index contributed by atoms with van der Waals surface area (Å²) in [5.41, 5.74) is 5.46. The fourth-order valence-corrected chi connectivity index (χ4v) is 1.67. The SMILES string of the molecule is NC1COCC1C(=O)Nc1cccc(F)c1F. The molecule has 92 valence electrons. The summed E-state index contributed by atoms with van der Waals surface area (Å²) in [7, 11) is 0. The van der Waals surface area contributed by atoms with Gasteiger partial charge < -0.3 is 15.8 Å². The Kier molecular flexibility index (Phi) is 3.35. The minimum absolute atomic E-state index is 0.186. The number of nitrogens with two attached hydrogens (primary N) is 1. The number of carbonyl (C=O) groups is 1. The van der Waals surface area contributed by atoms with Crippen molar-refractivity contribution < 1.29 is 18.3 Å². The second-order valence-corrected chi connectivity index (χ2v) is 3.90. The van der Waals surface area contributed by atoms with Gasteiger partial charge in [0.25, 0.3) is 0 Å². The third-order valence-corrected chi connectivity index (χ3v) is 2.67. The van der Waals surface area contributed by atoms with Crippen LogP contribution in [0.3, 0.4) is 0 Å². The quantitative estimate of drug-likeness (QED) is 0.809. The Morgan fingerprint density at radius 2 is 2.18 bits per heavy atom.